The number of rotatable bonds is 9. The zero-order valence-electron chi connectivity index (χ0n) is 16.3. The van der Waals surface area contributed by atoms with Gasteiger partial charge in [0.2, 0.25) is 11.8 Å². The van der Waals surface area contributed by atoms with Crippen LogP contribution in [-0.2, 0) is 16.1 Å². The van der Waals surface area contributed by atoms with Gasteiger partial charge < -0.3 is 15.0 Å². The number of ether oxygens (including phenoxy) is 1. The zero-order chi connectivity index (χ0) is 21.4. The minimum absolute atomic E-state index is 0.160. The number of likely N-dealkylation sites (N-methyl/N-ethyl adjacent to an activating group) is 1. The van der Waals surface area contributed by atoms with Crippen molar-refractivity contribution in [1.29, 1.82) is 0 Å². The Labute approximate surface area is 185 Å². The van der Waals surface area contributed by atoms with Gasteiger partial charge in [0.1, 0.15) is 11.8 Å². The Kier molecular flexibility index (Phi) is 9.08. The number of nitrogens with zero attached hydrogens (tertiary/aromatic N) is 1. The van der Waals surface area contributed by atoms with Crippen molar-refractivity contribution >= 4 is 46.6 Å². The van der Waals surface area contributed by atoms with E-state index in [1.807, 2.05) is 0 Å². The summed E-state index contributed by atoms with van der Waals surface area (Å²) in [5, 5.41) is 4.17. The SMILES string of the molecule is CNC(=O)[C@H](C)N(Cc1ccc(Cl)cc1Cl)C(=O)CCCOc1ccc(Cl)cc1. The first kappa shape index (κ1) is 23.3. The highest BCUT2D eigenvalue weighted by molar-refractivity contribution is 6.35. The van der Waals surface area contributed by atoms with E-state index >= 15 is 0 Å². The molecule has 5 nitrogen and oxygen atoms in total. The number of hydrogen-bond acceptors (Lipinski definition) is 3. The van der Waals surface area contributed by atoms with Gasteiger partial charge in [0.15, 0.2) is 0 Å². The fourth-order valence-electron chi connectivity index (χ4n) is 2.71. The third-order valence-corrected chi connectivity index (χ3v) is 5.23. The Balaban J connectivity index is 2.00. The lowest BCUT2D eigenvalue weighted by atomic mass is 10.1. The van der Waals surface area contributed by atoms with Gasteiger partial charge in [0, 0.05) is 35.1 Å². The average molecular weight is 458 g/mol. The molecule has 2 amide bonds. The third kappa shape index (κ3) is 7.11. The summed E-state index contributed by atoms with van der Waals surface area (Å²) in [5.74, 6) is 0.276. The van der Waals surface area contributed by atoms with E-state index in [4.69, 9.17) is 39.5 Å². The van der Waals surface area contributed by atoms with Crippen LogP contribution in [0.25, 0.3) is 0 Å². The quantitative estimate of drug-likeness (QED) is 0.541. The summed E-state index contributed by atoms with van der Waals surface area (Å²) in [6, 6.07) is 11.5. The smallest absolute Gasteiger partial charge is 0.242 e. The molecule has 1 atom stereocenters. The highest BCUT2D eigenvalue weighted by Gasteiger charge is 2.25. The van der Waals surface area contributed by atoms with Crippen LogP contribution in [0.1, 0.15) is 25.3 Å². The molecule has 0 radical (unpaired) electrons. The number of carbonyl (C=O) groups is 2. The number of hydrogen-bond donors (Lipinski definition) is 1. The molecule has 0 spiro atoms. The van der Waals surface area contributed by atoms with Crippen LogP contribution in [0.4, 0.5) is 0 Å². The van der Waals surface area contributed by atoms with Crippen molar-refractivity contribution in [2.24, 2.45) is 0 Å². The van der Waals surface area contributed by atoms with Crippen LogP contribution in [-0.4, -0.2) is 36.4 Å². The standard InChI is InChI=1S/C21H23Cl3N2O3/c1-14(21(28)25-2)26(13-15-5-6-17(23)12-19(15)24)20(27)4-3-11-29-18-9-7-16(22)8-10-18/h5-10,12,14H,3-4,11,13H2,1-2H3,(H,25,28)/t14-/m0/s1. The van der Waals surface area contributed by atoms with Gasteiger partial charge in [-0.3, -0.25) is 9.59 Å². The number of carbonyl (C=O) groups excluding carboxylic acids is 2. The molecule has 156 valence electrons. The fraction of sp³-hybridized carbons (Fsp3) is 0.333. The molecule has 29 heavy (non-hydrogen) atoms. The fourth-order valence-corrected chi connectivity index (χ4v) is 3.31. The Hall–Kier alpha value is -1.95. The van der Waals surface area contributed by atoms with Crippen molar-refractivity contribution in [3.8, 4) is 5.75 Å². The molecule has 2 aromatic carbocycles. The summed E-state index contributed by atoms with van der Waals surface area (Å²) >= 11 is 18.0. The van der Waals surface area contributed by atoms with E-state index in [-0.39, 0.29) is 24.8 Å². The molecule has 8 heteroatoms. The van der Waals surface area contributed by atoms with Crippen LogP contribution in [0.2, 0.25) is 15.1 Å². The second kappa shape index (κ2) is 11.3. The summed E-state index contributed by atoms with van der Waals surface area (Å²) in [6.07, 6.45) is 0.743. The van der Waals surface area contributed by atoms with E-state index in [0.29, 0.717) is 33.8 Å². The summed E-state index contributed by atoms with van der Waals surface area (Å²) in [4.78, 5) is 26.5. The molecule has 2 aromatic rings. The second-order valence-electron chi connectivity index (χ2n) is 6.45. The van der Waals surface area contributed by atoms with Crippen LogP contribution in [0.15, 0.2) is 42.5 Å². The number of nitrogens with one attached hydrogen (secondary N) is 1. The van der Waals surface area contributed by atoms with Gasteiger partial charge in [-0.1, -0.05) is 40.9 Å². The van der Waals surface area contributed by atoms with E-state index in [0.717, 1.165) is 5.56 Å². The molecule has 0 saturated heterocycles. The van der Waals surface area contributed by atoms with Crippen LogP contribution in [0.5, 0.6) is 5.75 Å². The number of benzene rings is 2. The summed E-state index contributed by atoms with van der Waals surface area (Å²) in [5.41, 5.74) is 0.720. The van der Waals surface area contributed by atoms with Crippen LogP contribution >= 0.6 is 34.8 Å². The molecule has 0 aliphatic carbocycles. The van der Waals surface area contributed by atoms with E-state index < -0.39 is 6.04 Å². The largest absolute Gasteiger partial charge is 0.494 e. The van der Waals surface area contributed by atoms with Gasteiger partial charge in [-0.25, -0.2) is 0 Å². The van der Waals surface area contributed by atoms with Crippen molar-refractivity contribution in [2.75, 3.05) is 13.7 Å². The van der Waals surface area contributed by atoms with Crippen LogP contribution < -0.4 is 10.1 Å². The Morgan fingerprint density at radius 3 is 2.34 bits per heavy atom. The van der Waals surface area contributed by atoms with E-state index in [1.165, 1.54) is 11.9 Å². The maximum absolute atomic E-state index is 12.8. The van der Waals surface area contributed by atoms with E-state index in [2.05, 4.69) is 5.32 Å². The first-order valence-corrected chi connectivity index (χ1v) is 10.3. The number of amides is 2. The highest BCUT2D eigenvalue weighted by atomic mass is 35.5. The monoisotopic (exact) mass is 456 g/mol. The van der Waals surface area contributed by atoms with E-state index in [1.54, 1.807) is 49.4 Å². The topological polar surface area (TPSA) is 58.6 Å². The van der Waals surface area contributed by atoms with Crippen molar-refractivity contribution in [3.05, 3.63) is 63.1 Å². The molecule has 0 saturated carbocycles. The van der Waals surface area contributed by atoms with E-state index in [9.17, 15) is 9.59 Å². The molecule has 0 heterocycles. The lowest BCUT2D eigenvalue weighted by Crippen LogP contribution is -2.46. The summed E-state index contributed by atoms with van der Waals surface area (Å²) in [6.45, 7) is 2.27. The second-order valence-corrected chi connectivity index (χ2v) is 7.73. The van der Waals surface area contributed by atoms with Crippen molar-refractivity contribution in [1.82, 2.24) is 10.2 Å². The van der Waals surface area contributed by atoms with Crippen molar-refractivity contribution in [3.63, 3.8) is 0 Å². The first-order valence-electron chi connectivity index (χ1n) is 9.15. The Bertz CT molecular complexity index is 844. The van der Waals surface area contributed by atoms with Crippen LogP contribution in [0, 0.1) is 0 Å². The van der Waals surface area contributed by atoms with Crippen molar-refractivity contribution in [2.45, 2.75) is 32.4 Å². The van der Waals surface area contributed by atoms with Crippen molar-refractivity contribution < 1.29 is 14.3 Å². The minimum atomic E-state index is -0.642. The Morgan fingerprint density at radius 2 is 1.72 bits per heavy atom. The van der Waals surface area contributed by atoms with Gasteiger partial charge in [-0.2, -0.15) is 0 Å². The predicted molar refractivity (Wildman–Crippen MR) is 117 cm³/mol. The molecule has 0 fully saturated rings. The molecule has 0 bridgehead atoms. The average Bonchev–Trinajstić information content (AvgIpc) is 2.70. The van der Waals surface area contributed by atoms with Gasteiger partial charge in [-0.15, -0.1) is 0 Å². The predicted octanol–water partition coefficient (Wildman–Crippen LogP) is 4.97. The maximum Gasteiger partial charge on any atom is 0.242 e. The maximum atomic E-state index is 12.8. The highest BCUT2D eigenvalue weighted by Crippen LogP contribution is 2.23. The molecular formula is C21H23Cl3N2O3. The first-order chi connectivity index (χ1) is 13.8. The Morgan fingerprint density at radius 1 is 1.07 bits per heavy atom. The summed E-state index contributed by atoms with van der Waals surface area (Å²) in [7, 11) is 1.54. The molecule has 0 aromatic heterocycles. The summed E-state index contributed by atoms with van der Waals surface area (Å²) < 4.78 is 5.63. The lowest BCUT2D eigenvalue weighted by Gasteiger charge is -2.28. The van der Waals surface area contributed by atoms with Gasteiger partial charge in [0.05, 0.1) is 6.61 Å². The lowest BCUT2D eigenvalue weighted by molar-refractivity contribution is -0.140. The molecule has 0 unspecified atom stereocenters. The zero-order valence-corrected chi connectivity index (χ0v) is 18.5. The third-order valence-electron chi connectivity index (χ3n) is 4.39. The van der Waals surface area contributed by atoms with Gasteiger partial charge >= 0.3 is 0 Å². The molecule has 0 aliphatic rings. The minimum Gasteiger partial charge on any atom is -0.494 e. The van der Waals surface area contributed by atoms with Gasteiger partial charge in [0.25, 0.3) is 0 Å². The molecule has 2 rings (SSSR count). The van der Waals surface area contributed by atoms with Crippen LogP contribution in [0.3, 0.4) is 0 Å². The normalized spacial score (nSPS) is 11.6. The molecule has 0 aliphatic heterocycles. The molecular weight excluding hydrogens is 435 g/mol. The van der Waals surface area contributed by atoms with Gasteiger partial charge in [-0.05, 0) is 55.3 Å². The number of halogens is 3. The molecule has 1 N–H and O–H groups in total.